The maximum absolute atomic E-state index is 12.3. The van der Waals surface area contributed by atoms with Gasteiger partial charge in [-0.25, -0.2) is 4.98 Å². The first-order chi connectivity index (χ1) is 11.6. The summed E-state index contributed by atoms with van der Waals surface area (Å²) in [5, 5.41) is 3.84. The highest BCUT2D eigenvalue weighted by Gasteiger charge is 2.22. The van der Waals surface area contributed by atoms with E-state index in [1.54, 1.807) is 6.20 Å². The van der Waals surface area contributed by atoms with Crippen LogP contribution in [0.5, 0.6) is 5.75 Å². The topological polar surface area (TPSA) is 60.5 Å². The van der Waals surface area contributed by atoms with Crippen molar-refractivity contribution in [3.8, 4) is 5.75 Å². The average molecular weight is 346 g/mol. The Hall–Kier alpha value is -1.92. The molecular formula is C18H22N2O3S. The van der Waals surface area contributed by atoms with Crippen molar-refractivity contribution >= 4 is 17.2 Å². The number of carbonyl (C=O) groups is 1. The third kappa shape index (κ3) is 4.33. The van der Waals surface area contributed by atoms with Gasteiger partial charge in [-0.1, -0.05) is 17.7 Å². The van der Waals surface area contributed by atoms with Gasteiger partial charge in [-0.3, -0.25) is 4.79 Å². The van der Waals surface area contributed by atoms with E-state index in [1.165, 1.54) is 16.9 Å². The number of aromatic nitrogens is 1. The van der Waals surface area contributed by atoms with Crippen molar-refractivity contribution in [3.05, 3.63) is 45.9 Å². The number of nitrogens with one attached hydrogen (secondary N) is 1. The summed E-state index contributed by atoms with van der Waals surface area (Å²) >= 11 is 1.41. The van der Waals surface area contributed by atoms with E-state index in [4.69, 9.17) is 9.47 Å². The van der Waals surface area contributed by atoms with E-state index in [0.717, 1.165) is 30.2 Å². The zero-order chi connectivity index (χ0) is 16.9. The molecule has 1 aromatic carbocycles. The summed E-state index contributed by atoms with van der Waals surface area (Å²) in [7, 11) is 0. The van der Waals surface area contributed by atoms with Crippen LogP contribution in [0, 0.1) is 6.92 Å². The van der Waals surface area contributed by atoms with Crippen LogP contribution in [0.1, 0.15) is 46.1 Å². The van der Waals surface area contributed by atoms with Crippen LogP contribution in [0.2, 0.25) is 0 Å². The first-order valence-electron chi connectivity index (χ1n) is 8.19. The van der Waals surface area contributed by atoms with E-state index in [9.17, 15) is 4.79 Å². The molecule has 128 valence electrons. The molecule has 6 heteroatoms. The minimum absolute atomic E-state index is 0.0545. The quantitative estimate of drug-likeness (QED) is 0.870. The van der Waals surface area contributed by atoms with E-state index in [1.807, 2.05) is 38.1 Å². The van der Waals surface area contributed by atoms with E-state index in [-0.39, 0.29) is 18.1 Å². The second-order valence-electron chi connectivity index (χ2n) is 6.06. The van der Waals surface area contributed by atoms with Crippen LogP contribution in [-0.4, -0.2) is 30.1 Å². The van der Waals surface area contributed by atoms with Crippen LogP contribution in [0.4, 0.5) is 0 Å². The third-order valence-electron chi connectivity index (χ3n) is 3.85. The summed E-state index contributed by atoms with van der Waals surface area (Å²) in [4.78, 5) is 17.2. The Bertz CT molecular complexity index is 678. The van der Waals surface area contributed by atoms with Crippen molar-refractivity contribution in [1.29, 1.82) is 0 Å². The SMILES string of the molecule is Cc1ccc(OC[C@@H](C)NC(=O)c2cnc([C@@H]3CCCO3)s2)cc1. The second-order valence-corrected chi connectivity index (χ2v) is 7.13. The lowest BCUT2D eigenvalue weighted by Gasteiger charge is -2.14. The Morgan fingerprint density at radius 2 is 2.25 bits per heavy atom. The Labute approximate surface area is 146 Å². The highest BCUT2D eigenvalue weighted by atomic mass is 32.1. The van der Waals surface area contributed by atoms with Gasteiger partial charge in [0.15, 0.2) is 0 Å². The molecular weight excluding hydrogens is 324 g/mol. The normalized spacial score (nSPS) is 18.3. The number of ether oxygens (including phenoxy) is 2. The number of hydrogen-bond acceptors (Lipinski definition) is 5. The van der Waals surface area contributed by atoms with Gasteiger partial charge in [0, 0.05) is 6.61 Å². The van der Waals surface area contributed by atoms with Crippen molar-refractivity contribution in [2.75, 3.05) is 13.2 Å². The largest absolute Gasteiger partial charge is 0.491 e. The highest BCUT2D eigenvalue weighted by Crippen LogP contribution is 2.31. The van der Waals surface area contributed by atoms with Crippen LogP contribution in [0.15, 0.2) is 30.5 Å². The number of hydrogen-bond donors (Lipinski definition) is 1. The Morgan fingerprint density at radius 1 is 1.46 bits per heavy atom. The molecule has 0 aliphatic carbocycles. The minimum atomic E-state index is -0.114. The average Bonchev–Trinajstić information content (AvgIpc) is 3.25. The molecule has 24 heavy (non-hydrogen) atoms. The fourth-order valence-electron chi connectivity index (χ4n) is 2.51. The van der Waals surface area contributed by atoms with E-state index >= 15 is 0 Å². The number of thiazole rings is 1. The molecule has 0 bridgehead atoms. The monoisotopic (exact) mass is 346 g/mol. The molecule has 1 aliphatic rings. The molecule has 1 N–H and O–H groups in total. The smallest absolute Gasteiger partial charge is 0.263 e. The van der Waals surface area contributed by atoms with E-state index in [2.05, 4.69) is 10.3 Å². The van der Waals surface area contributed by atoms with Gasteiger partial charge in [0.25, 0.3) is 5.91 Å². The predicted molar refractivity (Wildman–Crippen MR) is 93.6 cm³/mol. The first-order valence-corrected chi connectivity index (χ1v) is 9.01. The molecule has 0 unspecified atom stereocenters. The van der Waals surface area contributed by atoms with Gasteiger partial charge in [0.2, 0.25) is 0 Å². The molecule has 5 nitrogen and oxygen atoms in total. The second kappa shape index (κ2) is 7.77. The molecule has 1 saturated heterocycles. The summed E-state index contributed by atoms with van der Waals surface area (Å²) in [5.74, 6) is 0.692. The van der Waals surface area contributed by atoms with Gasteiger partial charge in [-0.05, 0) is 38.8 Å². The minimum Gasteiger partial charge on any atom is -0.491 e. The lowest BCUT2D eigenvalue weighted by atomic mass is 10.2. The fraction of sp³-hybridized carbons (Fsp3) is 0.444. The van der Waals surface area contributed by atoms with Gasteiger partial charge < -0.3 is 14.8 Å². The van der Waals surface area contributed by atoms with Crippen LogP contribution in [0.25, 0.3) is 0 Å². The van der Waals surface area contributed by atoms with Gasteiger partial charge in [-0.2, -0.15) is 0 Å². The number of amides is 1. The zero-order valence-corrected chi connectivity index (χ0v) is 14.8. The summed E-state index contributed by atoms with van der Waals surface area (Å²) in [6.07, 6.45) is 3.72. The molecule has 1 aromatic heterocycles. The van der Waals surface area contributed by atoms with Crippen molar-refractivity contribution in [1.82, 2.24) is 10.3 Å². The summed E-state index contributed by atoms with van der Waals surface area (Å²) in [6, 6.07) is 7.78. The highest BCUT2D eigenvalue weighted by molar-refractivity contribution is 7.13. The van der Waals surface area contributed by atoms with Crippen molar-refractivity contribution in [2.24, 2.45) is 0 Å². The molecule has 2 atom stereocenters. The van der Waals surface area contributed by atoms with Gasteiger partial charge in [-0.15, -0.1) is 11.3 Å². The summed E-state index contributed by atoms with van der Waals surface area (Å²) in [6.45, 7) is 5.16. The molecule has 1 fully saturated rings. The molecule has 1 aliphatic heterocycles. The van der Waals surface area contributed by atoms with Gasteiger partial charge >= 0.3 is 0 Å². The van der Waals surface area contributed by atoms with Crippen LogP contribution >= 0.6 is 11.3 Å². The van der Waals surface area contributed by atoms with Crippen LogP contribution in [0.3, 0.4) is 0 Å². The third-order valence-corrected chi connectivity index (χ3v) is 4.94. The predicted octanol–water partition coefficient (Wildman–Crippen LogP) is 3.50. The fourth-order valence-corrected chi connectivity index (χ4v) is 3.41. The Kier molecular flexibility index (Phi) is 5.48. The molecule has 1 amide bonds. The van der Waals surface area contributed by atoms with Crippen molar-refractivity contribution in [2.45, 2.75) is 38.8 Å². The summed E-state index contributed by atoms with van der Waals surface area (Å²) in [5.41, 5.74) is 1.19. The van der Waals surface area contributed by atoms with Gasteiger partial charge in [0.05, 0.1) is 12.2 Å². The van der Waals surface area contributed by atoms with Crippen molar-refractivity contribution < 1.29 is 14.3 Å². The lowest BCUT2D eigenvalue weighted by Crippen LogP contribution is -2.36. The summed E-state index contributed by atoms with van der Waals surface area (Å²) < 4.78 is 11.3. The number of aryl methyl sites for hydroxylation is 1. The molecule has 2 aromatic rings. The molecule has 3 rings (SSSR count). The number of carbonyl (C=O) groups excluding carboxylic acids is 1. The molecule has 0 spiro atoms. The number of rotatable bonds is 6. The number of nitrogens with zero attached hydrogens (tertiary/aromatic N) is 1. The van der Waals surface area contributed by atoms with Crippen molar-refractivity contribution in [3.63, 3.8) is 0 Å². The Balaban J connectivity index is 1.49. The van der Waals surface area contributed by atoms with E-state index in [0.29, 0.717) is 11.5 Å². The first kappa shape index (κ1) is 16.9. The molecule has 0 radical (unpaired) electrons. The molecule has 2 heterocycles. The standard InChI is InChI=1S/C18H22N2O3S/c1-12-5-7-14(8-6-12)23-11-13(2)20-17(21)16-10-19-18(24-16)15-4-3-9-22-15/h5-8,10,13,15H,3-4,9,11H2,1-2H3,(H,20,21)/t13-,15+/m1/s1. The number of benzene rings is 1. The Morgan fingerprint density at radius 3 is 2.96 bits per heavy atom. The van der Waals surface area contributed by atoms with Crippen LogP contribution < -0.4 is 10.1 Å². The van der Waals surface area contributed by atoms with Gasteiger partial charge in [0.1, 0.15) is 28.3 Å². The van der Waals surface area contributed by atoms with E-state index < -0.39 is 0 Å². The molecule has 0 saturated carbocycles. The van der Waals surface area contributed by atoms with Crippen LogP contribution in [-0.2, 0) is 4.74 Å². The zero-order valence-electron chi connectivity index (χ0n) is 14.0. The maximum atomic E-state index is 12.3. The maximum Gasteiger partial charge on any atom is 0.263 e. The lowest BCUT2D eigenvalue weighted by molar-refractivity contribution is 0.0930.